The number of Topliss-reactive ketones (excluding diaryl/α,β-unsaturated/α-hetero) is 1. The van der Waals surface area contributed by atoms with Crippen molar-refractivity contribution in [1.82, 2.24) is 4.90 Å². The summed E-state index contributed by atoms with van der Waals surface area (Å²) >= 11 is 0. The molecule has 150 valence electrons. The molecule has 0 heterocycles. The van der Waals surface area contributed by atoms with Gasteiger partial charge in [-0.05, 0) is 51.4 Å². The molecule has 0 bridgehead atoms. The fourth-order valence-electron chi connectivity index (χ4n) is 4.17. The number of carbonyl (C=O) groups excluding carboxylic acids is 1. The van der Waals surface area contributed by atoms with Gasteiger partial charge >= 0.3 is 0 Å². The first kappa shape index (κ1) is 21.0. The second kappa shape index (κ2) is 9.67. The quantitative estimate of drug-likeness (QED) is 0.421. The summed E-state index contributed by atoms with van der Waals surface area (Å²) in [6.07, 6.45) is 3.01. The number of carbonyl (C=O) groups is 1. The van der Waals surface area contributed by atoms with Gasteiger partial charge in [0.25, 0.3) is 0 Å². The molecular weight excluding hydrogens is 354 g/mol. The van der Waals surface area contributed by atoms with Gasteiger partial charge in [-0.2, -0.15) is 0 Å². The Morgan fingerprint density at radius 2 is 1.34 bits per heavy atom. The van der Waals surface area contributed by atoms with Crippen LogP contribution in [0, 0.1) is 0 Å². The Hall–Kier alpha value is -2.71. The molecule has 2 unspecified atom stereocenters. The van der Waals surface area contributed by atoms with Gasteiger partial charge in [0.1, 0.15) is 0 Å². The van der Waals surface area contributed by atoms with E-state index in [1.165, 1.54) is 11.1 Å². The number of nitrogens with zero attached hydrogens (tertiary/aromatic N) is 1. The molecule has 3 aromatic rings. The van der Waals surface area contributed by atoms with E-state index in [0.29, 0.717) is 0 Å². The second-order valence-electron chi connectivity index (χ2n) is 8.08. The van der Waals surface area contributed by atoms with E-state index >= 15 is 0 Å². The first-order valence-electron chi connectivity index (χ1n) is 10.4. The molecule has 0 N–H and O–H groups in total. The Labute approximate surface area is 175 Å². The summed E-state index contributed by atoms with van der Waals surface area (Å²) in [5, 5.41) is 0. The lowest BCUT2D eigenvalue weighted by atomic mass is 9.72. The van der Waals surface area contributed by atoms with E-state index in [1.807, 2.05) is 50.5 Å². The monoisotopic (exact) mass is 385 g/mol. The maximum absolute atomic E-state index is 13.7. The summed E-state index contributed by atoms with van der Waals surface area (Å²) in [5.74, 6) is 0.284. The zero-order valence-corrected chi connectivity index (χ0v) is 17.7. The molecule has 0 saturated carbocycles. The van der Waals surface area contributed by atoms with Crippen molar-refractivity contribution in [2.75, 3.05) is 14.1 Å². The van der Waals surface area contributed by atoms with Crippen LogP contribution in [-0.2, 0) is 6.42 Å². The molecule has 0 aliphatic carbocycles. The fourth-order valence-corrected chi connectivity index (χ4v) is 4.17. The van der Waals surface area contributed by atoms with E-state index in [-0.39, 0.29) is 11.7 Å². The number of ketones is 1. The third-order valence-corrected chi connectivity index (χ3v) is 6.11. The zero-order chi connectivity index (χ0) is 20.7. The number of aryl methyl sites for hydroxylation is 1. The van der Waals surface area contributed by atoms with Crippen molar-refractivity contribution in [3.05, 3.63) is 108 Å². The van der Waals surface area contributed by atoms with Gasteiger partial charge in [-0.25, -0.2) is 0 Å². The van der Waals surface area contributed by atoms with Crippen molar-refractivity contribution >= 4 is 5.78 Å². The lowest BCUT2D eigenvalue weighted by Crippen LogP contribution is -2.53. The van der Waals surface area contributed by atoms with Gasteiger partial charge in [-0.3, -0.25) is 9.69 Å². The van der Waals surface area contributed by atoms with Crippen LogP contribution in [0.3, 0.4) is 0 Å². The third kappa shape index (κ3) is 4.83. The summed E-state index contributed by atoms with van der Waals surface area (Å²) in [5.41, 5.74) is 2.72. The maximum Gasteiger partial charge on any atom is 0.183 e. The third-order valence-electron chi connectivity index (χ3n) is 6.11. The van der Waals surface area contributed by atoms with E-state index in [1.54, 1.807) is 0 Å². The van der Waals surface area contributed by atoms with Crippen LogP contribution < -0.4 is 0 Å². The normalized spacial score (nSPS) is 14.3. The number of likely N-dealkylation sites (N-methyl/N-ethyl adjacent to an activating group) is 1. The highest BCUT2D eigenvalue weighted by Gasteiger charge is 2.43. The van der Waals surface area contributed by atoms with Crippen molar-refractivity contribution in [1.29, 1.82) is 0 Å². The van der Waals surface area contributed by atoms with Crippen molar-refractivity contribution < 1.29 is 4.79 Å². The number of hydrogen-bond acceptors (Lipinski definition) is 2. The first-order valence-corrected chi connectivity index (χ1v) is 10.4. The molecular formula is C27H31NO. The smallest absolute Gasteiger partial charge is 0.183 e. The maximum atomic E-state index is 13.7. The van der Waals surface area contributed by atoms with Crippen LogP contribution in [0.1, 0.15) is 47.2 Å². The van der Waals surface area contributed by atoms with E-state index in [4.69, 9.17) is 0 Å². The Morgan fingerprint density at radius 1 is 0.828 bits per heavy atom. The summed E-state index contributed by atoms with van der Waals surface area (Å²) in [6.45, 7) is 2.10. The van der Waals surface area contributed by atoms with Crippen LogP contribution in [0.25, 0.3) is 0 Å². The van der Waals surface area contributed by atoms with Gasteiger partial charge in [0.15, 0.2) is 5.78 Å². The zero-order valence-electron chi connectivity index (χ0n) is 17.7. The van der Waals surface area contributed by atoms with Gasteiger partial charge in [0.05, 0.1) is 5.54 Å². The minimum absolute atomic E-state index is 0.107. The molecule has 3 aromatic carbocycles. The molecule has 0 aromatic heterocycles. The second-order valence-corrected chi connectivity index (χ2v) is 8.08. The molecule has 3 rings (SSSR count). The van der Waals surface area contributed by atoms with E-state index in [9.17, 15) is 4.79 Å². The summed E-state index contributed by atoms with van der Waals surface area (Å²) in [4.78, 5) is 15.8. The van der Waals surface area contributed by atoms with Crippen molar-refractivity contribution in [3.8, 4) is 0 Å². The van der Waals surface area contributed by atoms with Crippen LogP contribution >= 0.6 is 0 Å². The molecule has 29 heavy (non-hydrogen) atoms. The van der Waals surface area contributed by atoms with E-state index < -0.39 is 5.54 Å². The largest absolute Gasteiger partial charge is 0.297 e. The molecule has 0 fully saturated rings. The van der Waals surface area contributed by atoms with Crippen LogP contribution in [0.15, 0.2) is 91.0 Å². The molecule has 0 spiro atoms. The highest BCUT2D eigenvalue weighted by Crippen LogP contribution is 2.38. The van der Waals surface area contributed by atoms with Gasteiger partial charge in [0, 0.05) is 11.5 Å². The van der Waals surface area contributed by atoms with Crippen molar-refractivity contribution in [2.24, 2.45) is 0 Å². The van der Waals surface area contributed by atoms with Gasteiger partial charge in [-0.15, -0.1) is 0 Å². The van der Waals surface area contributed by atoms with Gasteiger partial charge in [0.2, 0.25) is 0 Å². The van der Waals surface area contributed by atoms with E-state index in [2.05, 4.69) is 66.4 Å². The van der Waals surface area contributed by atoms with Crippen molar-refractivity contribution in [3.63, 3.8) is 0 Å². The Bertz CT molecular complexity index is 890. The Morgan fingerprint density at radius 3 is 1.90 bits per heavy atom. The number of benzene rings is 3. The molecule has 2 atom stereocenters. The topological polar surface area (TPSA) is 20.3 Å². The molecule has 0 aliphatic heterocycles. The summed E-state index contributed by atoms with van der Waals surface area (Å²) in [6, 6.07) is 30.8. The van der Waals surface area contributed by atoms with Crippen LogP contribution in [0.5, 0.6) is 0 Å². The van der Waals surface area contributed by atoms with Crippen LogP contribution in [-0.4, -0.2) is 30.3 Å². The Balaban J connectivity index is 1.92. The number of hydrogen-bond donors (Lipinski definition) is 0. The summed E-state index contributed by atoms with van der Waals surface area (Å²) < 4.78 is 0. The lowest BCUT2D eigenvalue weighted by Gasteiger charge is -2.42. The summed E-state index contributed by atoms with van der Waals surface area (Å²) in [7, 11) is 4.04. The average Bonchev–Trinajstić information content (AvgIpc) is 2.77. The highest BCUT2D eigenvalue weighted by atomic mass is 16.1. The molecule has 2 nitrogen and oxygen atoms in total. The predicted molar refractivity (Wildman–Crippen MR) is 121 cm³/mol. The lowest BCUT2D eigenvalue weighted by molar-refractivity contribution is 0.0638. The minimum Gasteiger partial charge on any atom is -0.297 e. The van der Waals surface area contributed by atoms with Crippen molar-refractivity contribution in [2.45, 2.75) is 37.6 Å². The van der Waals surface area contributed by atoms with Crippen LogP contribution in [0.4, 0.5) is 0 Å². The van der Waals surface area contributed by atoms with Gasteiger partial charge < -0.3 is 0 Å². The molecule has 0 saturated heterocycles. The average molecular weight is 386 g/mol. The van der Waals surface area contributed by atoms with Crippen LogP contribution in [0.2, 0.25) is 0 Å². The van der Waals surface area contributed by atoms with Gasteiger partial charge in [-0.1, -0.05) is 91.0 Å². The molecule has 0 aliphatic rings. The van der Waals surface area contributed by atoms with E-state index in [0.717, 1.165) is 24.8 Å². The standard InChI is InChI=1S/C27H31NO/c1-27(28(2)3,26(29)24-19-11-6-12-20-24)25(23-17-9-5-10-18-23)21-13-16-22-14-7-4-8-15-22/h4-12,14-15,17-20,25H,13,16,21H2,1-3H3. The molecule has 2 heteroatoms. The Kier molecular flexibility index (Phi) is 7.00. The predicted octanol–water partition coefficient (Wildman–Crippen LogP) is 6.00. The molecule has 0 amide bonds. The SMILES string of the molecule is CN(C)C(C)(C(=O)c1ccccc1)C(CCCc1ccccc1)c1ccccc1. The molecule has 0 radical (unpaired) electrons. The first-order chi connectivity index (χ1) is 14.0. The minimum atomic E-state index is -0.626. The fraction of sp³-hybridized carbons (Fsp3) is 0.296. The highest BCUT2D eigenvalue weighted by molar-refractivity contribution is 6.03. The number of rotatable bonds is 9.